The van der Waals surface area contributed by atoms with E-state index < -0.39 is 5.97 Å². The van der Waals surface area contributed by atoms with E-state index in [9.17, 15) is 9.59 Å². The quantitative estimate of drug-likeness (QED) is 0.765. The summed E-state index contributed by atoms with van der Waals surface area (Å²) in [5, 5.41) is 14.1. The van der Waals surface area contributed by atoms with E-state index in [4.69, 9.17) is 5.11 Å². The Labute approximate surface area is 121 Å². The Morgan fingerprint density at radius 2 is 1.76 bits per heavy atom. The third-order valence-corrected chi connectivity index (χ3v) is 2.73. The molecule has 0 unspecified atom stereocenters. The molecule has 0 bridgehead atoms. The Bertz CT molecular complexity index is 614. The molecule has 2 aromatic rings. The number of carbonyl (C=O) groups is 2. The number of rotatable bonds is 5. The minimum absolute atomic E-state index is 0.215. The number of carbonyl (C=O) groups excluding carboxylic acids is 1. The van der Waals surface area contributed by atoms with Crippen molar-refractivity contribution < 1.29 is 14.7 Å². The zero-order valence-electron chi connectivity index (χ0n) is 11.1. The van der Waals surface area contributed by atoms with Crippen LogP contribution in [0.3, 0.4) is 0 Å². The van der Waals surface area contributed by atoms with Crippen molar-refractivity contribution >= 4 is 12.0 Å². The molecule has 0 aliphatic rings. The van der Waals surface area contributed by atoms with Crippen molar-refractivity contribution in [1.82, 2.24) is 20.6 Å². The summed E-state index contributed by atoms with van der Waals surface area (Å²) < 4.78 is 0. The fourth-order valence-corrected chi connectivity index (χ4v) is 1.60. The third kappa shape index (κ3) is 4.57. The zero-order valence-corrected chi connectivity index (χ0v) is 11.1. The lowest BCUT2D eigenvalue weighted by Gasteiger charge is -2.07. The van der Waals surface area contributed by atoms with Gasteiger partial charge in [-0.25, -0.2) is 19.6 Å². The molecular formula is C14H14N4O3. The lowest BCUT2D eigenvalue weighted by molar-refractivity contribution is 0.0697. The molecule has 0 aliphatic carbocycles. The highest BCUT2D eigenvalue weighted by atomic mass is 16.4. The molecule has 0 saturated carbocycles. The maximum atomic E-state index is 11.6. The first-order chi connectivity index (χ1) is 10.1. The first kappa shape index (κ1) is 14.4. The second kappa shape index (κ2) is 6.99. The number of aromatic nitrogens is 2. The number of hydrogen-bond donors (Lipinski definition) is 3. The fraction of sp³-hybridized carbons (Fsp3) is 0.143. The molecule has 108 valence electrons. The van der Waals surface area contributed by atoms with Crippen molar-refractivity contribution in [3.8, 4) is 0 Å². The van der Waals surface area contributed by atoms with E-state index in [-0.39, 0.29) is 11.6 Å². The molecule has 1 aromatic carbocycles. The van der Waals surface area contributed by atoms with Crippen molar-refractivity contribution in [1.29, 1.82) is 0 Å². The molecule has 0 atom stereocenters. The Morgan fingerprint density at radius 3 is 2.38 bits per heavy atom. The number of benzene rings is 1. The van der Waals surface area contributed by atoms with Crippen LogP contribution in [-0.2, 0) is 13.1 Å². The van der Waals surface area contributed by atoms with Crippen LogP contribution in [0.15, 0.2) is 42.9 Å². The lowest BCUT2D eigenvalue weighted by Crippen LogP contribution is -2.34. The van der Waals surface area contributed by atoms with E-state index in [0.29, 0.717) is 18.8 Å². The van der Waals surface area contributed by atoms with Crippen molar-refractivity contribution in [2.45, 2.75) is 13.1 Å². The first-order valence-corrected chi connectivity index (χ1v) is 6.24. The number of carboxylic acid groups (broad SMARTS) is 1. The predicted molar refractivity (Wildman–Crippen MR) is 74.5 cm³/mol. The van der Waals surface area contributed by atoms with Crippen LogP contribution in [0.5, 0.6) is 0 Å². The summed E-state index contributed by atoms with van der Waals surface area (Å²) in [4.78, 5) is 30.1. The maximum absolute atomic E-state index is 11.6. The molecule has 0 radical (unpaired) electrons. The van der Waals surface area contributed by atoms with E-state index in [1.54, 1.807) is 24.4 Å². The zero-order chi connectivity index (χ0) is 15.1. The average molecular weight is 286 g/mol. The van der Waals surface area contributed by atoms with Gasteiger partial charge in [0, 0.05) is 12.7 Å². The van der Waals surface area contributed by atoms with E-state index in [0.717, 1.165) is 5.56 Å². The van der Waals surface area contributed by atoms with Gasteiger partial charge in [0.2, 0.25) is 0 Å². The molecule has 7 heteroatoms. The molecule has 7 nitrogen and oxygen atoms in total. The van der Waals surface area contributed by atoms with Crippen molar-refractivity contribution in [3.63, 3.8) is 0 Å². The highest BCUT2D eigenvalue weighted by Gasteiger charge is 2.03. The molecule has 1 aromatic heterocycles. The number of urea groups is 1. The Hall–Kier alpha value is -2.96. The van der Waals surface area contributed by atoms with Gasteiger partial charge in [0.25, 0.3) is 0 Å². The second-order valence-electron chi connectivity index (χ2n) is 4.24. The van der Waals surface area contributed by atoms with Crippen LogP contribution in [0, 0.1) is 0 Å². The Morgan fingerprint density at radius 1 is 1.05 bits per heavy atom. The van der Waals surface area contributed by atoms with Crippen LogP contribution in [-0.4, -0.2) is 27.1 Å². The smallest absolute Gasteiger partial charge is 0.335 e. The second-order valence-corrected chi connectivity index (χ2v) is 4.24. The fourth-order valence-electron chi connectivity index (χ4n) is 1.60. The molecular weight excluding hydrogens is 272 g/mol. The lowest BCUT2D eigenvalue weighted by atomic mass is 10.1. The summed E-state index contributed by atoms with van der Waals surface area (Å²) in [6.45, 7) is 0.627. The minimum Gasteiger partial charge on any atom is -0.478 e. The normalized spacial score (nSPS) is 9.90. The highest BCUT2D eigenvalue weighted by Crippen LogP contribution is 2.04. The number of nitrogens with zero attached hydrogens (tertiary/aromatic N) is 2. The van der Waals surface area contributed by atoms with Crippen molar-refractivity contribution in [2.75, 3.05) is 0 Å². The van der Waals surface area contributed by atoms with Gasteiger partial charge in [0.15, 0.2) is 0 Å². The van der Waals surface area contributed by atoms with Crippen LogP contribution in [0.2, 0.25) is 0 Å². The number of aromatic carboxylic acids is 1. The summed E-state index contributed by atoms with van der Waals surface area (Å²) in [5.41, 5.74) is 1.75. The first-order valence-electron chi connectivity index (χ1n) is 6.24. The van der Waals surface area contributed by atoms with Crippen LogP contribution < -0.4 is 10.6 Å². The highest BCUT2D eigenvalue weighted by molar-refractivity contribution is 5.87. The average Bonchev–Trinajstić information content (AvgIpc) is 2.52. The summed E-state index contributed by atoms with van der Waals surface area (Å²) in [6.07, 6.45) is 3.02. The van der Waals surface area contributed by atoms with Crippen molar-refractivity contribution in [2.24, 2.45) is 0 Å². The molecule has 2 rings (SSSR count). The van der Waals surface area contributed by atoms with Gasteiger partial charge in [0.1, 0.15) is 6.33 Å². The van der Waals surface area contributed by atoms with Crippen LogP contribution >= 0.6 is 0 Å². The molecule has 2 amide bonds. The number of amides is 2. The van der Waals surface area contributed by atoms with Crippen molar-refractivity contribution in [3.05, 3.63) is 59.7 Å². The van der Waals surface area contributed by atoms with E-state index >= 15 is 0 Å². The van der Waals surface area contributed by atoms with Gasteiger partial charge in [0.05, 0.1) is 17.8 Å². The van der Waals surface area contributed by atoms with Gasteiger partial charge in [-0.3, -0.25) is 0 Å². The van der Waals surface area contributed by atoms with E-state index in [1.165, 1.54) is 18.5 Å². The predicted octanol–water partition coefficient (Wildman–Crippen LogP) is 1.17. The maximum Gasteiger partial charge on any atom is 0.335 e. The van der Waals surface area contributed by atoms with E-state index in [1.807, 2.05) is 0 Å². The standard InChI is InChI=1S/C14H14N4O3/c19-13(20)11-3-1-10(2-4-11)7-16-14(21)17-8-12-5-6-15-9-18-12/h1-6,9H,7-8H2,(H,19,20)(H2,16,17,21). The molecule has 21 heavy (non-hydrogen) atoms. The Balaban J connectivity index is 1.77. The summed E-state index contributed by atoms with van der Waals surface area (Å²) in [7, 11) is 0. The van der Waals surface area contributed by atoms with Gasteiger partial charge >= 0.3 is 12.0 Å². The van der Waals surface area contributed by atoms with Gasteiger partial charge in [-0.1, -0.05) is 12.1 Å². The molecule has 0 fully saturated rings. The third-order valence-electron chi connectivity index (χ3n) is 2.73. The molecule has 0 aliphatic heterocycles. The molecule has 0 spiro atoms. The van der Waals surface area contributed by atoms with Gasteiger partial charge in [-0.15, -0.1) is 0 Å². The largest absolute Gasteiger partial charge is 0.478 e. The van der Waals surface area contributed by atoms with Crippen LogP contribution in [0.25, 0.3) is 0 Å². The van der Waals surface area contributed by atoms with Gasteiger partial charge in [-0.05, 0) is 23.8 Å². The summed E-state index contributed by atoms with van der Waals surface area (Å²) >= 11 is 0. The Kier molecular flexibility index (Phi) is 4.81. The van der Waals surface area contributed by atoms with Crippen LogP contribution in [0.1, 0.15) is 21.6 Å². The monoisotopic (exact) mass is 286 g/mol. The molecule has 1 heterocycles. The topological polar surface area (TPSA) is 104 Å². The number of hydrogen-bond acceptors (Lipinski definition) is 4. The van der Waals surface area contributed by atoms with E-state index in [2.05, 4.69) is 20.6 Å². The molecule has 3 N–H and O–H groups in total. The summed E-state index contributed by atoms with van der Waals surface area (Å²) in [6, 6.07) is 7.71. The SMILES string of the molecule is O=C(NCc1ccc(C(=O)O)cc1)NCc1ccncn1. The van der Waals surface area contributed by atoms with Gasteiger partial charge < -0.3 is 15.7 Å². The van der Waals surface area contributed by atoms with Crippen LogP contribution in [0.4, 0.5) is 4.79 Å². The minimum atomic E-state index is -0.975. The number of carboxylic acids is 1. The van der Waals surface area contributed by atoms with Gasteiger partial charge in [-0.2, -0.15) is 0 Å². The summed E-state index contributed by atoms with van der Waals surface area (Å²) in [5.74, 6) is -0.975. The number of nitrogens with one attached hydrogen (secondary N) is 2. The molecule has 0 saturated heterocycles.